The summed E-state index contributed by atoms with van der Waals surface area (Å²) in [7, 11) is 3.20. The van der Waals surface area contributed by atoms with Crippen LogP contribution >= 0.6 is 0 Å². The van der Waals surface area contributed by atoms with Crippen molar-refractivity contribution in [2.75, 3.05) is 19.1 Å². The van der Waals surface area contributed by atoms with Crippen LogP contribution in [-0.2, 0) is 11.3 Å². The number of hydrogen-bond acceptors (Lipinski definition) is 5. The van der Waals surface area contributed by atoms with Crippen LogP contribution in [0.3, 0.4) is 0 Å². The molecule has 0 radical (unpaired) electrons. The van der Waals surface area contributed by atoms with E-state index in [1.54, 1.807) is 25.3 Å². The number of anilines is 1. The highest BCUT2D eigenvalue weighted by Gasteiger charge is 2.31. The van der Waals surface area contributed by atoms with Gasteiger partial charge in [0.1, 0.15) is 18.1 Å². The highest BCUT2D eigenvalue weighted by atomic mass is 16.6. The summed E-state index contributed by atoms with van der Waals surface area (Å²) in [4.78, 5) is 18.9. The molecule has 0 aliphatic rings. The molecule has 6 nitrogen and oxygen atoms in total. The number of pyridine rings is 1. The largest absolute Gasteiger partial charge is 0.496 e. The van der Waals surface area contributed by atoms with E-state index in [4.69, 9.17) is 14.2 Å². The van der Waals surface area contributed by atoms with Gasteiger partial charge in [0.05, 0.1) is 25.6 Å². The maximum atomic E-state index is 13.0. The van der Waals surface area contributed by atoms with Crippen LogP contribution in [0.2, 0.25) is 0 Å². The Hall–Kier alpha value is -2.76. The summed E-state index contributed by atoms with van der Waals surface area (Å²) in [5, 5.41) is 0. The van der Waals surface area contributed by atoms with Crippen molar-refractivity contribution in [2.45, 2.75) is 46.8 Å². The van der Waals surface area contributed by atoms with Gasteiger partial charge in [-0.05, 0) is 46.8 Å². The van der Waals surface area contributed by atoms with Gasteiger partial charge >= 0.3 is 6.09 Å². The molecule has 1 aromatic heterocycles. The van der Waals surface area contributed by atoms with E-state index in [0.717, 1.165) is 16.9 Å². The molecule has 0 saturated carbocycles. The molecule has 27 heavy (non-hydrogen) atoms. The molecule has 0 fully saturated rings. The fourth-order valence-corrected chi connectivity index (χ4v) is 2.96. The van der Waals surface area contributed by atoms with Gasteiger partial charge in [0, 0.05) is 22.9 Å². The van der Waals surface area contributed by atoms with E-state index >= 15 is 0 Å². The first-order valence-corrected chi connectivity index (χ1v) is 8.79. The van der Waals surface area contributed by atoms with E-state index in [9.17, 15) is 4.79 Å². The minimum absolute atomic E-state index is 0.0586. The molecule has 0 atom stereocenters. The first-order valence-electron chi connectivity index (χ1n) is 8.79. The highest BCUT2D eigenvalue weighted by molar-refractivity contribution is 5.91. The lowest BCUT2D eigenvalue weighted by atomic mass is 10.1. The second-order valence-electron chi connectivity index (χ2n) is 7.28. The number of hydrogen-bond donors (Lipinski definition) is 0. The first-order chi connectivity index (χ1) is 12.7. The van der Waals surface area contributed by atoms with Gasteiger partial charge in [-0.3, -0.25) is 9.88 Å². The van der Waals surface area contributed by atoms with Crippen LogP contribution in [0, 0.1) is 13.8 Å². The van der Waals surface area contributed by atoms with Crippen LogP contribution in [0.5, 0.6) is 11.5 Å². The highest BCUT2D eigenvalue weighted by Crippen LogP contribution is 2.33. The average Bonchev–Trinajstić information content (AvgIpc) is 2.61. The lowest BCUT2D eigenvalue weighted by Crippen LogP contribution is -2.46. The van der Waals surface area contributed by atoms with Gasteiger partial charge in [0.15, 0.2) is 0 Å². The third-order valence-corrected chi connectivity index (χ3v) is 4.26. The minimum Gasteiger partial charge on any atom is -0.496 e. The Kier molecular flexibility index (Phi) is 6.31. The van der Waals surface area contributed by atoms with Crippen molar-refractivity contribution in [1.29, 1.82) is 0 Å². The van der Waals surface area contributed by atoms with Crippen LogP contribution in [0.25, 0.3) is 0 Å². The third-order valence-electron chi connectivity index (χ3n) is 4.26. The molecule has 1 amide bonds. The number of para-hydroxylation sites is 2. The number of aromatic nitrogens is 1. The van der Waals surface area contributed by atoms with E-state index in [1.165, 1.54) is 0 Å². The van der Waals surface area contributed by atoms with Gasteiger partial charge in [0.25, 0.3) is 0 Å². The molecule has 0 N–H and O–H groups in total. The number of nitrogens with zero attached hydrogens (tertiary/aromatic N) is 2. The molecule has 0 aliphatic carbocycles. The molecule has 1 aromatic carbocycles. The predicted molar refractivity (Wildman–Crippen MR) is 106 cm³/mol. The maximum absolute atomic E-state index is 13.0. The Bertz CT molecular complexity index is 812. The lowest BCUT2D eigenvalue weighted by molar-refractivity contribution is 0.139. The predicted octanol–water partition coefficient (Wildman–Crippen LogP) is 4.66. The van der Waals surface area contributed by atoms with Gasteiger partial charge in [-0.2, -0.15) is 0 Å². The number of ether oxygens (including phenoxy) is 3. The zero-order valence-electron chi connectivity index (χ0n) is 17.1. The Morgan fingerprint density at radius 1 is 1.11 bits per heavy atom. The van der Waals surface area contributed by atoms with Crippen LogP contribution in [0.15, 0.2) is 30.5 Å². The molecule has 146 valence electrons. The lowest BCUT2D eigenvalue weighted by Gasteiger charge is -2.35. The smallest absolute Gasteiger partial charge is 0.415 e. The van der Waals surface area contributed by atoms with Crippen molar-refractivity contribution in [3.63, 3.8) is 0 Å². The summed E-state index contributed by atoms with van der Waals surface area (Å²) in [6, 6.07) is 7.38. The Morgan fingerprint density at radius 2 is 1.78 bits per heavy atom. The number of carbonyl (C=O) groups excluding carboxylic acids is 1. The van der Waals surface area contributed by atoms with Gasteiger partial charge in [-0.25, -0.2) is 4.79 Å². The Labute approximate surface area is 161 Å². The minimum atomic E-state index is -0.501. The second-order valence-corrected chi connectivity index (χ2v) is 7.28. The monoisotopic (exact) mass is 372 g/mol. The summed E-state index contributed by atoms with van der Waals surface area (Å²) in [5.41, 5.74) is 2.63. The summed E-state index contributed by atoms with van der Waals surface area (Å²) < 4.78 is 16.4. The summed E-state index contributed by atoms with van der Waals surface area (Å²) in [6.07, 6.45) is 1.25. The summed E-state index contributed by atoms with van der Waals surface area (Å²) in [6.45, 7) is 9.72. The van der Waals surface area contributed by atoms with Crippen molar-refractivity contribution in [2.24, 2.45) is 0 Å². The molecule has 2 rings (SSSR count). The number of aryl methyl sites for hydroxylation is 1. The zero-order valence-corrected chi connectivity index (χ0v) is 17.1. The molecule has 0 spiro atoms. The molecular formula is C21H28N2O4. The average molecular weight is 372 g/mol. The first kappa shape index (κ1) is 20.6. The van der Waals surface area contributed by atoms with Crippen LogP contribution in [0.4, 0.5) is 10.5 Å². The molecule has 0 unspecified atom stereocenters. The van der Waals surface area contributed by atoms with Crippen molar-refractivity contribution < 1.29 is 19.0 Å². The van der Waals surface area contributed by atoms with Crippen molar-refractivity contribution >= 4 is 11.8 Å². The molecule has 1 heterocycles. The number of carbonyl (C=O) groups is 1. The molecule has 6 heteroatoms. The molecular weight excluding hydrogens is 344 g/mol. The van der Waals surface area contributed by atoms with Crippen LogP contribution in [0.1, 0.15) is 37.6 Å². The standard InChI is InChI=1S/C21H28N2O4/c1-14-12-22-16(15(2)19(14)26-7)13-27-20(24)23(21(3,4)5)17-10-8-9-11-18(17)25-6/h8-12H,13H2,1-7H3. The Morgan fingerprint density at radius 3 is 2.37 bits per heavy atom. The molecule has 0 saturated heterocycles. The van der Waals surface area contributed by atoms with Crippen molar-refractivity contribution in [1.82, 2.24) is 4.98 Å². The number of amides is 1. The quantitative estimate of drug-likeness (QED) is 0.764. The van der Waals surface area contributed by atoms with Gasteiger partial charge in [0.2, 0.25) is 0 Å². The van der Waals surface area contributed by atoms with E-state index in [0.29, 0.717) is 17.1 Å². The van der Waals surface area contributed by atoms with Gasteiger partial charge in [-0.15, -0.1) is 0 Å². The fourth-order valence-electron chi connectivity index (χ4n) is 2.96. The topological polar surface area (TPSA) is 60.9 Å². The SMILES string of the molecule is COc1ccccc1N(C(=O)OCc1ncc(C)c(OC)c1C)C(C)(C)C. The van der Waals surface area contributed by atoms with Crippen molar-refractivity contribution in [3.8, 4) is 11.5 Å². The van der Waals surface area contributed by atoms with E-state index in [2.05, 4.69) is 4.98 Å². The van der Waals surface area contributed by atoms with Gasteiger partial charge in [-0.1, -0.05) is 12.1 Å². The fraction of sp³-hybridized carbons (Fsp3) is 0.429. The molecule has 2 aromatic rings. The maximum Gasteiger partial charge on any atom is 0.415 e. The molecule has 0 aliphatic heterocycles. The van der Waals surface area contributed by atoms with Crippen LogP contribution < -0.4 is 14.4 Å². The van der Waals surface area contributed by atoms with Crippen LogP contribution in [-0.4, -0.2) is 30.8 Å². The van der Waals surface area contributed by atoms with E-state index in [1.807, 2.05) is 58.9 Å². The molecule has 0 bridgehead atoms. The van der Waals surface area contributed by atoms with E-state index < -0.39 is 11.6 Å². The Balaban J connectivity index is 2.28. The van der Waals surface area contributed by atoms with Crippen molar-refractivity contribution in [3.05, 3.63) is 47.3 Å². The number of benzene rings is 1. The number of rotatable bonds is 5. The zero-order chi connectivity index (χ0) is 20.2. The van der Waals surface area contributed by atoms with E-state index in [-0.39, 0.29) is 6.61 Å². The summed E-state index contributed by atoms with van der Waals surface area (Å²) in [5.74, 6) is 1.36. The summed E-state index contributed by atoms with van der Waals surface area (Å²) >= 11 is 0. The normalized spacial score (nSPS) is 11.1. The van der Waals surface area contributed by atoms with Gasteiger partial charge < -0.3 is 14.2 Å². The second kappa shape index (κ2) is 8.29. The third kappa shape index (κ3) is 4.51. The number of methoxy groups -OCH3 is 2.